The Morgan fingerprint density at radius 2 is 2.00 bits per heavy atom. The van der Waals surface area contributed by atoms with Gasteiger partial charge in [0.25, 0.3) is 0 Å². The molecule has 0 saturated carbocycles. The van der Waals surface area contributed by atoms with Gasteiger partial charge in [-0.3, -0.25) is 5.43 Å². The summed E-state index contributed by atoms with van der Waals surface area (Å²) in [5.41, 5.74) is 9.43. The Morgan fingerprint density at radius 3 is 2.85 bits per heavy atom. The molecule has 0 radical (unpaired) electrons. The van der Waals surface area contributed by atoms with Crippen LogP contribution in [-0.2, 0) is 0 Å². The van der Waals surface area contributed by atoms with Crippen molar-refractivity contribution in [1.29, 1.82) is 0 Å². The van der Waals surface area contributed by atoms with Crippen molar-refractivity contribution in [3.8, 4) is 22.8 Å². The van der Waals surface area contributed by atoms with Crippen LogP contribution in [0.3, 0.4) is 0 Å². The molecule has 0 fully saturated rings. The lowest BCUT2D eigenvalue weighted by atomic mass is 10.1. The summed E-state index contributed by atoms with van der Waals surface area (Å²) in [5, 5.41) is 3.45. The van der Waals surface area contributed by atoms with Crippen LogP contribution in [0.1, 0.15) is 24.4 Å². The molecule has 1 atom stereocenters. The molecule has 0 aliphatic carbocycles. The van der Waals surface area contributed by atoms with Crippen LogP contribution in [0.25, 0.3) is 11.3 Å². The van der Waals surface area contributed by atoms with Crippen LogP contribution in [-0.4, -0.2) is 17.1 Å². The Bertz CT molecular complexity index is 976. The highest BCUT2D eigenvalue weighted by molar-refractivity contribution is 5.71. The van der Waals surface area contributed by atoms with E-state index in [-0.39, 0.29) is 6.04 Å². The fourth-order valence-electron chi connectivity index (χ4n) is 3.02. The van der Waals surface area contributed by atoms with Crippen LogP contribution >= 0.6 is 0 Å². The summed E-state index contributed by atoms with van der Waals surface area (Å²) in [6.07, 6.45) is 0. The predicted octanol–water partition coefficient (Wildman–Crippen LogP) is 3.86. The number of hydrogen-bond donors (Lipinski definition) is 3. The molecule has 0 spiro atoms. The van der Waals surface area contributed by atoms with Gasteiger partial charge in [0.05, 0.1) is 24.5 Å². The van der Waals surface area contributed by atoms with Gasteiger partial charge >= 0.3 is 0 Å². The number of fused-ring (bicyclic) bond motifs is 1. The smallest absolute Gasteiger partial charge is 0.174 e. The molecule has 27 heavy (non-hydrogen) atoms. The molecule has 2 aromatic carbocycles. The molecule has 1 aromatic heterocycles. The van der Waals surface area contributed by atoms with Crippen molar-refractivity contribution >= 4 is 11.5 Å². The minimum atomic E-state index is 0.0709. The van der Waals surface area contributed by atoms with E-state index in [0.29, 0.717) is 5.82 Å². The van der Waals surface area contributed by atoms with Crippen molar-refractivity contribution in [1.82, 2.24) is 15.6 Å². The number of methoxy groups -OCH3 is 1. The van der Waals surface area contributed by atoms with Crippen LogP contribution in [0.15, 0.2) is 48.5 Å². The average Bonchev–Trinajstić information content (AvgIpc) is 3.15. The first-order valence-electron chi connectivity index (χ1n) is 8.71. The molecule has 0 saturated heterocycles. The lowest BCUT2D eigenvalue weighted by Crippen LogP contribution is -2.16. The van der Waals surface area contributed by atoms with Gasteiger partial charge in [0.15, 0.2) is 5.75 Å². The minimum Gasteiger partial charge on any atom is -0.497 e. The molecular formula is C20H21N5O2. The van der Waals surface area contributed by atoms with Gasteiger partial charge in [-0.1, -0.05) is 17.7 Å². The van der Waals surface area contributed by atoms with Gasteiger partial charge in [-0.05, 0) is 49.7 Å². The van der Waals surface area contributed by atoms with Gasteiger partial charge in [0.1, 0.15) is 17.4 Å². The number of anilines is 2. The highest BCUT2D eigenvalue weighted by Crippen LogP contribution is 2.32. The van der Waals surface area contributed by atoms with Gasteiger partial charge in [-0.15, -0.1) is 0 Å². The van der Waals surface area contributed by atoms with E-state index in [1.165, 1.54) is 0 Å². The van der Waals surface area contributed by atoms with E-state index in [1.54, 1.807) is 7.11 Å². The first-order chi connectivity index (χ1) is 13.1. The summed E-state index contributed by atoms with van der Waals surface area (Å²) in [7, 11) is 1.67. The Balaban J connectivity index is 1.60. The van der Waals surface area contributed by atoms with Crippen molar-refractivity contribution in [2.24, 2.45) is 0 Å². The van der Waals surface area contributed by atoms with Crippen molar-refractivity contribution in [2.45, 2.75) is 19.9 Å². The van der Waals surface area contributed by atoms with E-state index < -0.39 is 0 Å². The van der Waals surface area contributed by atoms with Crippen molar-refractivity contribution in [3.05, 3.63) is 59.9 Å². The number of hydrazine groups is 1. The van der Waals surface area contributed by atoms with Gasteiger partial charge in [-0.2, -0.15) is 0 Å². The monoisotopic (exact) mass is 363 g/mol. The molecule has 138 valence electrons. The third kappa shape index (κ3) is 3.63. The van der Waals surface area contributed by atoms with E-state index in [2.05, 4.69) is 39.3 Å². The maximum Gasteiger partial charge on any atom is 0.174 e. The summed E-state index contributed by atoms with van der Waals surface area (Å²) in [6.45, 7) is 3.98. The van der Waals surface area contributed by atoms with Crippen LogP contribution in [0.2, 0.25) is 0 Å². The fraction of sp³-hybridized carbons (Fsp3) is 0.200. The largest absolute Gasteiger partial charge is 0.497 e. The van der Waals surface area contributed by atoms with Gasteiger partial charge in [0.2, 0.25) is 0 Å². The van der Waals surface area contributed by atoms with Crippen molar-refractivity contribution < 1.29 is 9.57 Å². The predicted molar refractivity (Wildman–Crippen MR) is 105 cm³/mol. The maximum atomic E-state index is 5.31. The summed E-state index contributed by atoms with van der Waals surface area (Å²) in [6, 6.07) is 15.9. The second-order valence-electron chi connectivity index (χ2n) is 6.37. The van der Waals surface area contributed by atoms with Crippen LogP contribution in [0.5, 0.6) is 11.5 Å². The Hall–Kier alpha value is -3.32. The van der Waals surface area contributed by atoms with Crippen LogP contribution in [0.4, 0.5) is 11.5 Å². The normalized spacial score (nSPS) is 13.3. The van der Waals surface area contributed by atoms with Gasteiger partial charge in [-0.25, -0.2) is 9.97 Å². The van der Waals surface area contributed by atoms with Gasteiger partial charge in [0, 0.05) is 11.6 Å². The van der Waals surface area contributed by atoms with E-state index >= 15 is 0 Å². The number of rotatable bonds is 5. The molecule has 0 amide bonds. The van der Waals surface area contributed by atoms with E-state index in [4.69, 9.17) is 9.57 Å². The standard InChI is InChI=1S/C20H21N5O2/c1-12(14-5-4-6-16(9-14)26-3)21-20-11-17(22-13(2)23-20)15-7-8-19-18(10-15)24-25-27-19/h4-12,24-25H,1-3H3,(H,21,22,23)/t12-/m0/s1. The number of hydrogen-bond acceptors (Lipinski definition) is 7. The Morgan fingerprint density at radius 1 is 1.11 bits per heavy atom. The zero-order valence-corrected chi connectivity index (χ0v) is 15.4. The fourth-order valence-corrected chi connectivity index (χ4v) is 3.02. The Kier molecular flexibility index (Phi) is 4.52. The van der Waals surface area contributed by atoms with Gasteiger partial charge < -0.3 is 14.9 Å². The van der Waals surface area contributed by atoms with E-state index in [9.17, 15) is 0 Å². The second kappa shape index (κ2) is 7.13. The molecule has 0 bridgehead atoms. The summed E-state index contributed by atoms with van der Waals surface area (Å²) in [4.78, 5) is 14.4. The molecule has 7 heteroatoms. The molecule has 3 N–H and O–H groups in total. The average molecular weight is 363 g/mol. The molecule has 2 heterocycles. The molecule has 1 aliphatic heterocycles. The topological polar surface area (TPSA) is 80.3 Å². The number of aromatic nitrogens is 2. The third-order valence-electron chi connectivity index (χ3n) is 4.42. The summed E-state index contributed by atoms with van der Waals surface area (Å²) < 4.78 is 5.31. The molecule has 4 rings (SSSR count). The molecule has 1 aliphatic rings. The number of nitrogens with one attached hydrogen (secondary N) is 3. The number of ether oxygens (including phenoxy) is 1. The number of nitrogens with zero attached hydrogens (tertiary/aromatic N) is 2. The maximum absolute atomic E-state index is 5.31. The first-order valence-corrected chi connectivity index (χ1v) is 8.71. The van der Waals surface area contributed by atoms with E-state index in [0.717, 1.165) is 39.8 Å². The lowest BCUT2D eigenvalue weighted by molar-refractivity contribution is 0.247. The number of aryl methyl sites for hydroxylation is 1. The molecule has 7 nitrogen and oxygen atoms in total. The highest BCUT2D eigenvalue weighted by Gasteiger charge is 2.14. The van der Waals surface area contributed by atoms with Crippen LogP contribution in [0, 0.1) is 6.92 Å². The van der Waals surface area contributed by atoms with E-state index in [1.807, 2.05) is 49.4 Å². The highest BCUT2D eigenvalue weighted by atomic mass is 16.7. The van der Waals surface area contributed by atoms with Crippen LogP contribution < -0.4 is 25.9 Å². The lowest BCUT2D eigenvalue weighted by Gasteiger charge is -2.17. The third-order valence-corrected chi connectivity index (χ3v) is 4.42. The Labute approximate surface area is 157 Å². The van der Waals surface area contributed by atoms with Crippen molar-refractivity contribution in [3.63, 3.8) is 0 Å². The SMILES string of the molecule is COc1cccc([C@H](C)Nc2cc(-c3ccc4c(c3)NNO4)nc(C)n2)c1. The zero-order chi connectivity index (χ0) is 18.8. The number of benzene rings is 2. The first kappa shape index (κ1) is 17.1. The zero-order valence-electron chi connectivity index (χ0n) is 15.4. The molecular weight excluding hydrogens is 342 g/mol. The quantitative estimate of drug-likeness (QED) is 0.635. The summed E-state index contributed by atoms with van der Waals surface area (Å²) >= 11 is 0. The minimum absolute atomic E-state index is 0.0709. The molecule has 3 aromatic rings. The summed E-state index contributed by atoms with van der Waals surface area (Å²) in [5.74, 6) is 3.07. The second-order valence-corrected chi connectivity index (χ2v) is 6.37. The molecule has 0 unspecified atom stereocenters. The van der Waals surface area contributed by atoms with Crippen molar-refractivity contribution in [2.75, 3.05) is 17.9 Å².